The first-order chi connectivity index (χ1) is 18.9. The van der Waals surface area contributed by atoms with E-state index in [1.54, 1.807) is 12.1 Å². The Hall–Kier alpha value is -5.12. The van der Waals surface area contributed by atoms with Crippen LogP contribution in [0.1, 0.15) is 22.8 Å². The van der Waals surface area contributed by atoms with Crippen molar-refractivity contribution in [2.75, 3.05) is 13.7 Å². The number of fused-ring (bicyclic) bond motifs is 3. The van der Waals surface area contributed by atoms with Crippen LogP contribution in [0.4, 0.5) is 10.5 Å². The molecule has 0 saturated heterocycles. The van der Waals surface area contributed by atoms with Gasteiger partial charge in [0.2, 0.25) is 0 Å². The number of hydrogen-bond acceptors (Lipinski definition) is 7. The normalized spacial score (nSPS) is 12.7. The maximum atomic E-state index is 12.6. The summed E-state index contributed by atoms with van der Waals surface area (Å²) in [5.74, 6) is -0.555. The molecular weight excluding hydrogens is 504 g/mol. The monoisotopic (exact) mass is 528 g/mol. The lowest BCUT2D eigenvalue weighted by molar-refractivity contribution is -0.384. The summed E-state index contributed by atoms with van der Waals surface area (Å²) in [5, 5.41) is 23.2. The van der Waals surface area contributed by atoms with E-state index >= 15 is 0 Å². The number of alkyl carbamates (subject to hydrolysis) is 1. The van der Waals surface area contributed by atoms with E-state index in [1.807, 2.05) is 48.5 Å². The molecule has 3 aromatic carbocycles. The Labute approximate surface area is 222 Å². The molecule has 0 spiro atoms. The second-order valence-corrected chi connectivity index (χ2v) is 8.97. The topological polar surface area (TPSA) is 141 Å². The van der Waals surface area contributed by atoms with Crippen LogP contribution in [0.15, 0.2) is 83.3 Å². The van der Waals surface area contributed by atoms with Crippen molar-refractivity contribution in [3.05, 3.63) is 106 Å². The van der Waals surface area contributed by atoms with Gasteiger partial charge in [-0.15, -0.1) is 0 Å². The number of carbonyl (C=O) groups is 2. The Balaban J connectivity index is 1.25. The lowest BCUT2D eigenvalue weighted by Crippen LogP contribution is -2.42. The van der Waals surface area contributed by atoms with Crippen molar-refractivity contribution in [2.45, 2.75) is 18.4 Å². The second-order valence-electron chi connectivity index (χ2n) is 8.97. The summed E-state index contributed by atoms with van der Waals surface area (Å²) in [6, 6.07) is 21.8. The van der Waals surface area contributed by atoms with E-state index in [1.165, 1.54) is 25.3 Å². The quantitative estimate of drug-likeness (QED) is 0.217. The van der Waals surface area contributed by atoms with Gasteiger partial charge in [0.1, 0.15) is 29.9 Å². The number of carboxylic acid groups (broad SMARTS) is 1. The largest absolute Gasteiger partial charge is 0.496 e. The van der Waals surface area contributed by atoms with Crippen molar-refractivity contribution in [3.8, 4) is 28.2 Å². The number of rotatable bonds is 9. The Kier molecular flexibility index (Phi) is 7.00. The summed E-state index contributed by atoms with van der Waals surface area (Å²) in [4.78, 5) is 35.1. The highest BCUT2D eigenvalue weighted by Crippen LogP contribution is 2.44. The highest BCUT2D eigenvalue weighted by atomic mass is 16.6. The fourth-order valence-electron chi connectivity index (χ4n) is 4.81. The van der Waals surface area contributed by atoms with Crippen LogP contribution in [0.5, 0.6) is 5.75 Å². The number of nitrogens with one attached hydrogen (secondary N) is 1. The molecule has 1 unspecified atom stereocenters. The molecule has 10 heteroatoms. The van der Waals surface area contributed by atoms with Gasteiger partial charge in [-0.2, -0.15) is 0 Å². The van der Waals surface area contributed by atoms with Crippen LogP contribution in [-0.4, -0.2) is 41.9 Å². The van der Waals surface area contributed by atoms with E-state index in [0.717, 1.165) is 22.3 Å². The first kappa shape index (κ1) is 25.5. The summed E-state index contributed by atoms with van der Waals surface area (Å²) >= 11 is 0. The van der Waals surface area contributed by atoms with Crippen molar-refractivity contribution in [1.29, 1.82) is 0 Å². The molecule has 2 N–H and O–H groups in total. The van der Waals surface area contributed by atoms with Gasteiger partial charge in [-0.25, -0.2) is 9.59 Å². The molecule has 0 saturated carbocycles. The Morgan fingerprint density at radius 3 is 2.28 bits per heavy atom. The number of carbonyl (C=O) groups excluding carboxylic acids is 1. The van der Waals surface area contributed by atoms with Crippen LogP contribution >= 0.6 is 0 Å². The molecule has 4 aromatic rings. The molecule has 1 amide bonds. The number of aliphatic carboxylic acids is 1. The van der Waals surface area contributed by atoms with Gasteiger partial charge in [0.25, 0.3) is 5.69 Å². The fraction of sp³-hybridized carbons (Fsp3) is 0.172. The van der Waals surface area contributed by atoms with Crippen LogP contribution < -0.4 is 10.1 Å². The zero-order chi connectivity index (χ0) is 27.5. The minimum atomic E-state index is -1.31. The molecule has 0 bridgehead atoms. The Morgan fingerprint density at radius 2 is 1.67 bits per heavy atom. The molecule has 0 aliphatic heterocycles. The number of furan rings is 1. The number of methoxy groups -OCH3 is 1. The van der Waals surface area contributed by atoms with Crippen LogP contribution in [0.25, 0.3) is 22.5 Å². The lowest BCUT2D eigenvalue weighted by atomic mass is 9.98. The van der Waals surface area contributed by atoms with Crippen LogP contribution in [0.2, 0.25) is 0 Å². The minimum Gasteiger partial charge on any atom is -0.496 e. The molecule has 5 rings (SSSR count). The third-order valence-corrected chi connectivity index (χ3v) is 6.66. The summed E-state index contributed by atoms with van der Waals surface area (Å²) in [7, 11) is 1.38. The number of ether oxygens (including phenoxy) is 2. The summed E-state index contributed by atoms with van der Waals surface area (Å²) in [6.45, 7) is 0.0526. The number of carboxylic acids is 1. The molecule has 10 nitrogen and oxygen atoms in total. The number of nitro groups is 1. The molecule has 39 heavy (non-hydrogen) atoms. The number of amides is 1. The number of nitrogens with zero attached hydrogens (tertiary/aromatic N) is 1. The number of nitro benzene ring substituents is 1. The highest BCUT2D eigenvalue weighted by Gasteiger charge is 2.30. The molecule has 1 aliphatic carbocycles. The van der Waals surface area contributed by atoms with Gasteiger partial charge in [0.05, 0.1) is 23.7 Å². The van der Waals surface area contributed by atoms with Crippen molar-refractivity contribution in [2.24, 2.45) is 0 Å². The van der Waals surface area contributed by atoms with Gasteiger partial charge in [0.15, 0.2) is 0 Å². The Bertz CT molecular complexity index is 1510. The number of non-ortho nitro benzene ring substituents is 1. The van der Waals surface area contributed by atoms with Gasteiger partial charge >= 0.3 is 12.1 Å². The number of hydrogen-bond donors (Lipinski definition) is 2. The minimum absolute atomic E-state index is 0.0526. The second kappa shape index (κ2) is 10.7. The van der Waals surface area contributed by atoms with Gasteiger partial charge in [-0.05, 0) is 40.5 Å². The van der Waals surface area contributed by atoms with Gasteiger partial charge in [0, 0.05) is 18.4 Å². The highest BCUT2D eigenvalue weighted by molar-refractivity contribution is 5.81. The van der Waals surface area contributed by atoms with E-state index in [0.29, 0.717) is 11.3 Å². The molecule has 0 fully saturated rings. The van der Waals surface area contributed by atoms with Crippen LogP contribution in [-0.2, 0) is 16.0 Å². The van der Waals surface area contributed by atoms with E-state index in [4.69, 9.17) is 13.9 Å². The first-order valence-corrected chi connectivity index (χ1v) is 12.1. The maximum absolute atomic E-state index is 12.6. The molecular formula is C29H24N2O8. The fourth-order valence-corrected chi connectivity index (χ4v) is 4.81. The van der Waals surface area contributed by atoms with Crippen molar-refractivity contribution < 1.29 is 33.5 Å². The van der Waals surface area contributed by atoms with Gasteiger partial charge in [-0.1, -0.05) is 48.5 Å². The molecule has 1 atom stereocenters. The van der Waals surface area contributed by atoms with E-state index in [9.17, 15) is 24.8 Å². The third kappa shape index (κ3) is 5.17. The summed E-state index contributed by atoms with van der Waals surface area (Å²) in [6.07, 6.45) is -0.998. The smallest absolute Gasteiger partial charge is 0.407 e. The van der Waals surface area contributed by atoms with Crippen LogP contribution in [0, 0.1) is 10.1 Å². The molecule has 0 radical (unpaired) electrons. The van der Waals surface area contributed by atoms with Gasteiger partial charge < -0.3 is 24.3 Å². The van der Waals surface area contributed by atoms with Crippen molar-refractivity contribution in [3.63, 3.8) is 0 Å². The zero-order valence-corrected chi connectivity index (χ0v) is 20.8. The number of benzene rings is 3. The maximum Gasteiger partial charge on any atom is 0.407 e. The average Bonchev–Trinajstić information content (AvgIpc) is 3.53. The van der Waals surface area contributed by atoms with Crippen molar-refractivity contribution in [1.82, 2.24) is 5.32 Å². The first-order valence-electron chi connectivity index (χ1n) is 12.1. The Morgan fingerprint density at radius 1 is 1.00 bits per heavy atom. The predicted molar refractivity (Wildman–Crippen MR) is 141 cm³/mol. The zero-order valence-electron chi connectivity index (χ0n) is 20.8. The summed E-state index contributed by atoms with van der Waals surface area (Å²) in [5.41, 5.74) is 4.59. The average molecular weight is 529 g/mol. The van der Waals surface area contributed by atoms with Gasteiger partial charge in [-0.3, -0.25) is 10.1 Å². The van der Waals surface area contributed by atoms with E-state index < -0.39 is 23.0 Å². The van der Waals surface area contributed by atoms with Crippen molar-refractivity contribution >= 4 is 17.7 Å². The molecule has 198 valence electrons. The molecule has 1 aromatic heterocycles. The SMILES string of the molecule is COc1cc([N+](=O)[O-])ccc1-c1ccc(CC(NC(=O)OCC2c3ccccc3-c3ccccc32)C(=O)O)o1. The van der Waals surface area contributed by atoms with E-state index in [-0.39, 0.29) is 36.1 Å². The summed E-state index contributed by atoms with van der Waals surface area (Å²) < 4.78 is 16.5. The van der Waals surface area contributed by atoms with Crippen LogP contribution in [0.3, 0.4) is 0 Å². The van der Waals surface area contributed by atoms with E-state index in [2.05, 4.69) is 5.32 Å². The molecule has 1 aliphatic rings. The third-order valence-electron chi connectivity index (χ3n) is 6.66. The lowest BCUT2D eigenvalue weighted by Gasteiger charge is -2.17. The standard InChI is InChI=1S/C29H24N2O8/c1-37-27-14-17(31(35)36)10-12-23(27)26-13-11-18(39-26)15-25(28(32)33)30-29(34)38-16-24-21-8-4-2-6-19(21)20-7-3-5-9-22(20)24/h2-14,24-25H,15-16H2,1H3,(H,30,34)(H,32,33). The predicted octanol–water partition coefficient (Wildman–Crippen LogP) is 5.40. The molecule has 1 heterocycles.